The van der Waals surface area contributed by atoms with Gasteiger partial charge in [-0.2, -0.15) is 15.0 Å². The molecule has 4 N–H and O–H groups in total. The molecule has 1 fully saturated rings. The van der Waals surface area contributed by atoms with Crippen molar-refractivity contribution in [1.29, 1.82) is 0 Å². The number of likely N-dealkylation sites (tertiary alicyclic amines) is 1. The first-order chi connectivity index (χ1) is 15.2. The Morgan fingerprint density at radius 2 is 1.90 bits per heavy atom. The molecule has 2 aromatic carbocycles. The molecule has 0 aliphatic carbocycles. The van der Waals surface area contributed by atoms with Crippen LogP contribution in [0.5, 0.6) is 11.5 Å². The summed E-state index contributed by atoms with van der Waals surface area (Å²) >= 11 is 0. The standard InChI is InChI=1S/C23H26N6O2/c1-15-5-2-3-6-17(15)25-23-27-21(26-22(24)28-23)14-29-10-4-7-18(29)16-8-9-19-20(13-16)31-12-11-30-19/h2-3,5-6,8-9,13,18H,4,7,10-12,14H2,1H3,(H3,24,25,26,27,28)/p+1/t18-/m0/s1. The molecule has 0 bridgehead atoms. The highest BCUT2D eigenvalue weighted by molar-refractivity contribution is 5.58. The summed E-state index contributed by atoms with van der Waals surface area (Å²) in [5.74, 6) is 3.07. The molecule has 0 saturated carbocycles. The second-order valence-electron chi connectivity index (χ2n) is 8.06. The fourth-order valence-corrected chi connectivity index (χ4v) is 4.41. The van der Waals surface area contributed by atoms with Crippen molar-refractivity contribution in [2.75, 3.05) is 30.8 Å². The van der Waals surface area contributed by atoms with E-state index in [1.165, 1.54) is 10.5 Å². The Kier molecular flexibility index (Phi) is 5.30. The Balaban J connectivity index is 1.35. The highest BCUT2D eigenvalue weighted by Crippen LogP contribution is 2.33. The van der Waals surface area contributed by atoms with Gasteiger partial charge < -0.3 is 25.4 Å². The molecule has 1 saturated heterocycles. The molecule has 160 valence electrons. The molecule has 8 nitrogen and oxygen atoms in total. The minimum atomic E-state index is 0.232. The van der Waals surface area contributed by atoms with Crippen molar-refractivity contribution in [3.63, 3.8) is 0 Å². The molecule has 8 heteroatoms. The zero-order valence-electron chi connectivity index (χ0n) is 17.6. The van der Waals surface area contributed by atoms with E-state index in [0.717, 1.165) is 42.1 Å². The van der Waals surface area contributed by atoms with Gasteiger partial charge >= 0.3 is 0 Å². The van der Waals surface area contributed by atoms with Crippen molar-refractivity contribution in [3.8, 4) is 11.5 Å². The Hall–Kier alpha value is -3.39. The fraction of sp³-hybridized carbons (Fsp3) is 0.348. The van der Waals surface area contributed by atoms with E-state index in [2.05, 4.69) is 32.4 Å². The van der Waals surface area contributed by atoms with E-state index < -0.39 is 0 Å². The summed E-state index contributed by atoms with van der Waals surface area (Å²) in [6.45, 7) is 4.99. The van der Waals surface area contributed by atoms with E-state index >= 15 is 0 Å². The van der Waals surface area contributed by atoms with Gasteiger partial charge in [-0.25, -0.2) is 0 Å². The first-order valence-electron chi connectivity index (χ1n) is 10.7. The normalized spacial score (nSPS) is 19.9. The predicted octanol–water partition coefficient (Wildman–Crippen LogP) is 2.20. The van der Waals surface area contributed by atoms with Gasteiger partial charge in [-0.3, -0.25) is 0 Å². The van der Waals surface area contributed by atoms with Crippen LogP contribution in [0.15, 0.2) is 42.5 Å². The minimum Gasteiger partial charge on any atom is -0.486 e. The van der Waals surface area contributed by atoms with Gasteiger partial charge in [0.05, 0.1) is 6.54 Å². The molecule has 31 heavy (non-hydrogen) atoms. The average Bonchev–Trinajstić information content (AvgIpc) is 3.23. The molecule has 1 unspecified atom stereocenters. The van der Waals surface area contributed by atoms with Crippen molar-refractivity contribution in [3.05, 3.63) is 59.4 Å². The zero-order chi connectivity index (χ0) is 21.2. The zero-order valence-corrected chi connectivity index (χ0v) is 17.6. The number of aryl methyl sites for hydroxylation is 1. The molecule has 3 heterocycles. The van der Waals surface area contributed by atoms with Gasteiger partial charge in [-0.15, -0.1) is 0 Å². The topological polar surface area (TPSA) is 99.6 Å². The number of para-hydroxylation sites is 1. The van der Waals surface area contributed by atoms with Gasteiger partial charge in [0.25, 0.3) is 0 Å². The molecule has 2 aliphatic rings. The lowest BCUT2D eigenvalue weighted by Gasteiger charge is -2.24. The number of nitrogens with two attached hydrogens (primary N) is 1. The van der Waals surface area contributed by atoms with Crippen LogP contribution in [-0.4, -0.2) is 34.7 Å². The van der Waals surface area contributed by atoms with Gasteiger partial charge in [0.2, 0.25) is 11.9 Å². The Morgan fingerprint density at radius 1 is 1.06 bits per heavy atom. The third-order valence-electron chi connectivity index (χ3n) is 5.93. The van der Waals surface area contributed by atoms with Gasteiger partial charge in [0.1, 0.15) is 25.8 Å². The number of nitrogen functional groups attached to an aromatic ring is 1. The van der Waals surface area contributed by atoms with Crippen LogP contribution in [0.2, 0.25) is 0 Å². The second-order valence-corrected chi connectivity index (χ2v) is 8.06. The van der Waals surface area contributed by atoms with Crippen LogP contribution < -0.4 is 25.4 Å². The maximum atomic E-state index is 6.01. The molecule has 2 atom stereocenters. The maximum absolute atomic E-state index is 6.01. The molecule has 0 radical (unpaired) electrons. The summed E-state index contributed by atoms with van der Waals surface area (Å²) in [4.78, 5) is 14.8. The Bertz CT molecular complexity index is 1090. The van der Waals surface area contributed by atoms with E-state index in [1.54, 1.807) is 0 Å². The predicted molar refractivity (Wildman–Crippen MR) is 118 cm³/mol. The van der Waals surface area contributed by atoms with Crippen LogP contribution in [0.25, 0.3) is 0 Å². The molecular formula is C23H27N6O2+. The lowest BCUT2D eigenvalue weighted by molar-refractivity contribution is -0.932. The summed E-state index contributed by atoms with van der Waals surface area (Å²) < 4.78 is 11.5. The van der Waals surface area contributed by atoms with E-state index in [9.17, 15) is 0 Å². The van der Waals surface area contributed by atoms with E-state index in [-0.39, 0.29) is 5.95 Å². The third-order valence-corrected chi connectivity index (χ3v) is 5.93. The highest BCUT2D eigenvalue weighted by Gasteiger charge is 2.32. The Labute approximate surface area is 181 Å². The summed E-state index contributed by atoms with van der Waals surface area (Å²) in [5, 5.41) is 3.27. The number of hydrogen-bond acceptors (Lipinski definition) is 7. The maximum Gasteiger partial charge on any atom is 0.232 e. The van der Waals surface area contributed by atoms with E-state index in [1.807, 2.05) is 37.3 Å². The van der Waals surface area contributed by atoms with Crippen molar-refractivity contribution < 1.29 is 14.4 Å². The van der Waals surface area contributed by atoms with Crippen LogP contribution in [0.1, 0.15) is 35.8 Å². The lowest BCUT2D eigenvalue weighted by Crippen LogP contribution is -3.09. The molecule has 0 amide bonds. The third kappa shape index (κ3) is 4.25. The number of quaternary nitrogens is 1. The number of ether oxygens (including phenoxy) is 2. The van der Waals surface area contributed by atoms with Crippen molar-refractivity contribution >= 4 is 17.6 Å². The highest BCUT2D eigenvalue weighted by atomic mass is 16.6. The van der Waals surface area contributed by atoms with Gasteiger partial charge in [-0.05, 0) is 36.8 Å². The molecule has 0 spiro atoms. The Morgan fingerprint density at radius 3 is 2.77 bits per heavy atom. The monoisotopic (exact) mass is 419 g/mol. The molecule has 3 aromatic rings. The number of nitrogens with zero attached hydrogens (tertiary/aromatic N) is 3. The summed E-state index contributed by atoms with van der Waals surface area (Å²) in [6, 6.07) is 14.7. The molecular weight excluding hydrogens is 392 g/mol. The van der Waals surface area contributed by atoms with Crippen LogP contribution in [0.4, 0.5) is 17.6 Å². The number of benzene rings is 2. The van der Waals surface area contributed by atoms with Gasteiger partial charge in [0.15, 0.2) is 17.3 Å². The van der Waals surface area contributed by atoms with E-state index in [4.69, 9.17) is 15.2 Å². The minimum absolute atomic E-state index is 0.232. The largest absolute Gasteiger partial charge is 0.486 e. The van der Waals surface area contributed by atoms with Crippen molar-refractivity contribution in [2.45, 2.75) is 32.4 Å². The summed E-state index contributed by atoms with van der Waals surface area (Å²) in [6.07, 6.45) is 2.27. The summed E-state index contributed by atoms with van der Waals surface area (Å²) in [7, 11) is 0. The fourth-order valence-electron chi connectivity index (χ4n) is 4.41. The van der Waals surface area contributed by atoms with Crippen LogP contribution in [-0.2, 0) is 6.54 Å². The molecule has 2 aliphatic heterocycles. The number of rotatable bonds is 5. The number of fused-ring (bicyclic) bond motifs is 1. The SMILES string of the molecule is Cc1ccccc1Nc1nc(N)nc(C[NH+]2CCC[C@H]2c2ccc3c(c2)OCCO3)n1. The smallest absolute Gasteiger partial charge is 0.232 e. The van der Waals surface area contributed by atoms with Crippen LogP contribution >= 0.6 is 0 Å². The molecule has 1 aromatic heterocycles. The van der Waals surface area contributed by atoms with Crippen LogP contribution in [0.3, 0.4) is 0 Å². The molecule has 5 rings (SSSR count). The van der Waals surface area contributed by atoms with Crippen molar-refractivity contribution in [2.24, 2.45) is 0 Å². The van der Waals surface area contributed by atoms with Crippen LogP contribution in [0, 0.1) is 6.92 Å². The number of hydrogen-bond donors (Lipinski definition) is 3. The van der Waals surface area contributed by atoms with E-state index in [0.29, 0.717) is 37.6 Å². The average molecular weight is 420 g/mol. The number of aromatic nitrogens is 3. The number of nitrogens with one attached hydrogen (secondary N) is 2. The summed E-state index contributed by atoms with van der Waals surface area (Å²) in [5.41, 5.74) is 9.34. The first-order valence-corrected chi connectivity index (χ1v) is 10.7. The van der Waals surface area contributed by atoms with Crippen molar-refractivity contribution in [1.82, 2.24) is 15.0 Å². The van der Waals surface area contributed by atoms with Gasteiger partial charge in [-0.1, -0.05) is 18.2 Å². The number of anilines is 3. The van der Waals surface area contributed by atoms with Gasteiger partial charge in [0, 0.05) is 24.1 Å². The first kappa shape index (κ1) is 19.6. The quantitative estimate of drug-likeness (QED) is 0.583. The lowest BCUT2D eigenvalue weighted by atomic mass is 10.0. The second kappa shape index (κ2) is 8.39.